The number of aryl methyl sites for hydroxylation is 1. The van der Waals surface area contributed by atoms with E-state index in [4.69, 9.17) is 15.2 Å². The lowest BCUT2D eigenvalue weighted by atomic mass is 9.79. The first-order valence-corrected chi connectivity index (χ1v) is 9.61. The Morgan fingerprint density at radius 3 is 2.71 bits per heavy atom. The summed E-state index contributed by atoms with van der Waals surface area (Å²) in [7, 11) is 1.49. The number of anilines is 1. The maximum absolute atomic E-state index is 13.0. The highest BCUT2D eigenvalue weighted by Gasteiger charge is 2.38. The summed E-state index contributed by atoms with van der Waals surface area (Å²) in [4.78, 5) is 28.9. The number of amides is 3. The van der Waals surface area contributed by atoms with Crippen LogP contribution in [0.4, 0.5) is 10.5 Å². The Kier molecular flexibility index (Phi) is 6.11. The van der Waals surface area contributed by atoms with Crippen molar-refractivity contribution in [3.8, 4) is 17.7 Å². The van der Waals surface area contributed by atoms with Crippen molar-refractivity contribution in [3.63, 3.8) is 0 Å². The summed E-state index contributed by atoms with van der Waals surface area (Å²) in [6.07, 6.45) is 1.69. The molecule has 3 amide bonds. The molecule has 160 valence electrons. The SMILES string of the molecule is CCOc1ncc(C)c2c1C(c1ccc(C#N)cc1OC)C(C(=O)NC(N)=O)=C(C)N2. The highest BCUT2D eigenvalue weighted by Crippen LogP contribution is 2.48. The van der Waals surface area contributed by atoms with E-state index >= 15 is 0 Å². The molecule has 1 atom stereocenters. The summed E-state index contributed by atoms with van der Waals surface area (Å²) in [6, 6.07) is 6.07. The number of carbonyl (C=O) groups excluding carboxylic acids is 2. The van der Waals surface area contributed by atoms with Gasteiger partial charge < -0.3 is 20.5 Å². The van der Waals surface area contributed by atoms with E-state index in [2.05, 4.69) is 21.7 Å². The molecule has 3 rings (SSSR count). The van der Waals surface area contributed by atoms with Gasteiger partial charge in [0, 0.05) is 23.0 Å². The largest absolute Gasteiger partial charge is 0.496 e. The maximum atomic E-state index is 13.0. The van der Waals surface area contributed by atoms with Crippen LogP contribution < -0.4 is 25.8 Å². The second-order valence-electron chi connectivity index (χ2n) is 6.95. The number of nitriles is 1. The molecule has 1 aliphatic rings. The lowest BCUT2D eigenvalue weighted by Crippen LogP contribution is -2.39. The van der Waals surface area contributed by atoms with Crippen LogP contribution in [0, 0.1) is 18.3 Å². The van der Waals surface area contributed by atoms with Crippen LogP contribution in [0.2, 0.25) is 0 Å². The first kappa shape index (κ1) is 21.6. The second kappa shape index (κ2) is 8.75. The summed E-state index contributed by atoms with van der Waals surface area (Å²) >= 11 is 0. The van der Waals surface area contributed by atoms with Gasteiger partial charge in [0.05, 0.1) is 42.5 Å². The summed E-state index contributed by atoms with van der Waals surface area (Å²) < 4.78 is 11.3. The average Bonchev–Trinajstić information content (AvgIpc) is 2.74. The number of ether oxygens (including phenoxy) is 2. The summed E-state index contributed by atoms with van der Waals surface area (Å²) in [5.41, 5.74) is 9.28. The van der Waals surface area contributed by atoms with E-state index in [1.54, 1.807) is 31.3 Å². The van der Waals surface area contributed by atoms with E-state index in [0.29, 0.717) is 40.6 Å². The zero-order valence-electron chi connectivity index (χ0n) is 17.7. The molecule has 0 radical (unpaired) electrons. The minimum atomic E-state index is -0.964. The Morgan fingerprint density at radius 1 is 1.35 bits per heavy atom. The molecule has 0 fully saturated rings. The Labute approximate surface area is 179 Å². The van der Waals surface area contributed by atoms with Crippen LogP contribution in [0.5, 0.6) is 11.6 Å². The molecular weight excluding hydrogens is 398 g/mol. The fourth-order valence-electron chi connectivity index (χ4n) is 3.72. The molecule has 1 aromatic heterocycles. The molecule has 2 aromatic rings. The van der Waals surface area contributed by atoms with Crippen LogP contribution >= 0.6 is 0 Å². The number of nitrogens with one attached hydrogen (secondary N) is 2. The van der Waals surface area contributed by atoms with Gasteiger partial charge in [-0.1, -0.05) is 6.07 Å². The Bertz CT molecular complexity index is 1130. The smallest absolute Gasteiger partial charge is 0.319 e. The van der Waals surface area contributed by atoms with Crippen molar-refractivity contribution in [1.29, 1.82) is 5.26 Å². The molecule has 2 heterocycles. The topological polar surface area (TPSA) is 139 Å². The Balaban J connectivity index is 2.35. The van der Waals surface area contributed by atoms with Crippen LogP contribution in [0.15, 0.2) is 35.7 Å². The van der Waals surface area contributed by atoms with E-state index in [-0.39, 0.29) is 5.57 Å². The number of rotatable bonds is 5. The van der Waals surface area contributed by atoms with E-state index in [1.165, 1.54) is 7.11 Å². The van der Waals surface area contributed by atoms with Crippen molar-refractivity contribution in [2.24, 2.45) is 5.73 Å². The molecule has 9 heteroatoms. The van der Waals surface area contributed by atoms with Gasteiger partial charge in [0.15, 0.2) is 0 Å². The van der Waals surface area contributed by atoms with Gasteiger partial charge in [-0.3, -0.25) is 10.1 Å². The number of imide groups is 1. The third kappa shape index (κ3) is 4.00. The van der Waals surface area contributed by atoms with Crippen molar-refractivity contribution in [2.45, 2.75) is 26.7 Å². The molecule has 31 heavy (non-hydrogen) atoms. The van der Waals surface area contributed by atoms with E-state index in [9.17, 15) is 14.9 Å². The predicted octanol–water partition coefficient (Wildman–Crippen LogP) is 2.70. The minimum Gasteiger partial charge on any atom is -0.496 e. The quantitative estimate of drug-likeness (QED) is 0.674. The number of pyridine rings is 1. The summed E-state index contributed by atoms with van der Waals surface area (Å²) in [6.45, 7) is 5.83. The van der Waals surface area contributed by atoms with Crippen LogP contribution in [0.25, 0.3) is 0 Å². The first-order valence-electron chi connectivity index (χ1n) is 9.61. The number of primary amides is 1. The van der Waals surface area contributed by atoms with Gasteiger partial charge in [-0.25, -0.2) is 9.78 Å². The van der Waals surface area contributed by atoms with Gasteiger partial charge in [0.1, 0.15) is 5.75 Å². The van der Waals surface area contributed by atoms with Crippen molar-refractivity contribution < 1.29 is 19.1 Å². The van der Waals surface area contributed by atoms with E-state index in [1.807, 2.05) is 13.8 Å². The normalized spacial score (nSPS) is 14.7. The number of fused-ring (bicyclic) bond motifs is 1. The summed E-state index contributed by atoms with van der Waals surface area (Å²) in [5.74, 6) is -0.572. The monoisotopic (exact) mass is 421 g/mol. The van der Waals surface area contributed by atoms with Gasteiger partial charge in [0.25, 0.3) is 5.91 Å². The number of hydrogen-bond acceptors (Lipinski definition) is 7. The number of nitrogens with two attached hydrogens (primary N) is 1. The molecule has 1 unspecified atom stereocenters. The number of methoxy groups -OCH3 is 1. The van der Waals surface area contributed by atoms with Crippen LogP contribution in [0.1, 0.15) is 42.0 Å². The highest BCUT2D eigenvalue weighted by molar-refractivity contribution is 6.06. The fraction of sp³-hybridized carbons (Fsp3) is 0.273. The number of hydrogen-bond donors (Lipinski definition) is 3. The number of urea groups is 1. The van der Waals surface area contributed by atoms with Crippen LogP contribution in [-0.4, -0.2) is 30.6 Å². The Morgan fingerprint density at radius 2 is 2.10 bits per heavy atom. The molecule has 0 saturated carbocycles. The van der Waals surface area contributed by atoms with Crippen LogP contribution in [0.3, 0.4) is 0 Å². The molecule has 4 N–H and O–H groups in total. The fourth-order valence-corrected chi connectivity index (χ4v) is 3.72. The number of allylic oxidation sites excluding steroid dienone is 1. The molecule has 0 aliphatic carbocycles. The highest BCUT2D eigenvalue weighted by atomic mass is 16.5. The second-order valence-corrected chi connectivity index (χ2v) is 6.95. The van der Waals surface area contributed by atoms with Gasteiger partial charge in [0.2, 0.25) is 5.88 Å². The van der Waals surface area contributed by atoms with Crippen molar-refractivity contribution in [3.05, 3.63) is 57.9 Å². The number of nitrogens with zero attached hydrogens (tertiary/aromatic N) is 2. The van der Waals surface area contributed by atoms with Gasteiger partial charge in [-0.2, -0.15) is 5.26 Å². The van der Waals surface area contributed by atoms with Crippen molar-refractivity contribution >= 4 is 17.6 Å². The van der Waals surface area contributed by atoms with E-state index < -0.39 is 17.9 Å². The van der Waals surface area contributed by atoms with E-state index in [0.717, 1.165) is 11.3 Å². The minimum absolute atomic E-state index is 0.266. The lowest BCUT2D eigenvalue weighted by molar-refractivity contribution is -0.116. The van der Waals surface area contributed by atoms with Crippen molar-refractivity contribution in [1.82, 2.24) is 10.3 Å². The molecule has 1 aromatic carbocycles. The molecular formula is C22H23N5O4. The molecule has 9 nitrogen and oxygen atoms in total. The molecule has 0 spiro atoms. The van der Waals surface area contributed by atoms with Gasteiger partial charge >= 0.3 is 6.03 Å². The van der Waals surface area contributed by atoms with Crippen molar-refractivity contribution in [2.75, 3.05) is 19.0 Å². The number of aromatic nitrogens is 1. The lowest BCUT2D eigenvalue weighted by Gasteiger charge is -2.32. The third-order valence-electron chi connectivity index (χ3n) is 5.00. The zero-order chi connectivity index (χ0) is 22.7. The van der Waals surface area contributed by atoms with Crippen LogP contribution in [-0.2, 0) is 4.79 Å². The average molecular weight is 421 g/mol. The first-order chi connectivity index (χ1) is 14.8. The molecule has 0 bridgehead atoms. The zero-order valence-corrected chi connectivity index (χ0v) is 17.7. The standard InChI is InChI=1S/C22H23N5O4/c1-5-31-21-18-17(14-7-6-13(9-23)8-15(14)30-4)16(20(28)27-22(24)29)12(3)26-19(18)11(2)10-25-21/h6-8,10,17,26H,5H2,1-4H3,(H3,24,27,28,29). The molecule has 0 saturated heterocycles. The maximum Gasteiger partial charge on any atom is 0.319 e. The Hall–Kier alpha value is -4.06. The van der Waals surface area contributed by atoms with Gasteiger partial charge in [-0.15, -0.1) is 0 Å². The van der Waals surface area contributed by atoms with Gasteiger partial charge in [-0.05, 0) is 38.5 Å². The predicted molar refractivity (Wildman–Crippen MR) is 114 cm³/mol. The molecule has 1 aliphatic heterocycles. The third-order valence-corrected chi connectivity index (χ3v) is 5.00. The number of carbonyl (C=O) groups is 2. The number of benzene rings is 1. The summed E-state index contributed by atoms with van der Waals surface area (Å²) in [5, 5.41) is 14.7.